The Kier molecular flexibility index (Phi) is 6.53. The first-order chi connectivity index (χ1) is 12.0. The standard InChI is InChI=1S/C19H28ClN2O3Si/c1-12-11-22(18(23)24)8-7-14(12)13-9-15(20)16(21-10-13)17(19(2,3)4)25-26(5)6/h7,9-10,12,17H,8,11H2,1-6H3,(H,23,24). The van der Waals surface area contributed by atoms with E-state index in [1.165, 1.54) is 4.90 Å². The molecule has 0 bridgehead atoms. The van der Waals surface area contributed by atoms with Crippen LogP contribution in [0.15, 0.2) is 18.3 Å². The molecule has 2 heterocycles. The number of aromatic nitrogens is 1. The predicted octanol–water partition coefficient (Wildman–Crippen LogP) is 5.10. The van der Waals surface area contributed by atoms with Gasteiger partial charge in [-0.3, -0.25) is 4.98 Å². The molecule has 26 heavy (non-hydrogen) atoms. The molecule has 1 aliphatic heterocycles. The maximum atomic E-state index is 11.2. The summed E-state index contributed by atoms with van der Waals surface area (Å²) in [4.78, 5) is 17.2. The van der Waals surface area contributed by atoms with E-state index in [9.17, 15) is 4.79 Å². The van der Waals surface area contributed by atoms with Crippen molar-refractivity contribution in [3.63, 3.8) is 0 Å². The Labute approximate surface area is 162 Å². The van der Waals surface area contributed by atoms with Gasteiger partial charge in [-0.15, -0.1) is 0 Å². The van der Waals surface area contributed by atoms with Gasteiger partial charge in [0.05, 0.1) is 16.8 Å². The normalized spacial score (nSPS) is 19.5. The first kappa shape index (κ1) is 20.9. The number of carboxylic acid groups (broad SMARTS) is 1. The van der Waals surface area contributed by atoms with Crippen LogP contribution in [0.2, 0.25) is 18.1 Å². The summed E-state index contributed by atoms with van der Waals surface area (Å²) in [6, 6.07) is 1.93. The van der Waals surface area contributed by atoms with E-state index in [-0.39, 0.29) is 17.4 Å². The predicted molar refractivity (Wildman–Crippen MR) is 107 cm³/mol. The van der Waals surface area contributed by atoms with Crippen molar-refractivity contribution in [3.8, 4) is 0 Å². The first-order valence-electron chi connectivity index (χ1n) is 8.81. The molecule has 1 radical (unpaired) electrons. The number of hydrogen-bond acceptors (Lipinski definition) is 3. The highest BCUT2D eigenvalue weighted by Crippen LogP contribution is 2.40. The molecule has 5 nitrogen and oxygen atoms in total. The second-order valence-corrected chi connectivity index (χ2v) is 10.6. The maximum absolute atomic E-state index is 11.2. The van der Waals surface area contributed by atoms with Gasteiger partial charge in [0, 0.05) is 19.3 Å². The lowest BCUT2D eigenvalue weighted by molar-refractivity contribution is 0.0828. The van der Waals surface area contributed by atoms with Gasteiger partial charge in [-0.1, -0.05) is 45.4 Å². The molecule has 1 aliphatic rings. The molecule has 2 atom stereocenters. The minimum absolute atomic E-state index is 0.0966. The van der Waals surface area contributed by atoms with E-state index in [2.05, 4.69) is 38.8 Å². The Balaban J connectivity index is 2.33. The minimum Gasteiger partial charge on any atom is -0.465 e. The fourth-order valence-electron chi connectivity index (χ4n) is 3.15. The second-order valence-electron chi connectivity index (χ2n) is 8.11. The van der Waals surface area contributed by atoms with Crippen molar-refractivity contribution < 1.29 is 14.3 Å². The van der Waals surface area contributed by atoms with Crippen molar-refractivity contribution in [2.24, 2.45) is 11.3 Å². The fraction of sp³-hybridized carbons (Fsp3) is 0.579. The SMILES string of the molecule is CC1CN(C(=O)O)CC=C1c1cnc(C(O[Si](C)C)C(C)(C)C)c(Cl)c1. The Morgan fingerprint density at radius 3 is 2.58 bits per heavy atom. The third-order valence-electron chi connectivity index (χ3n) is 4.42. The van der Waals surface area contributed by atoms with Gasteiger partial charge in [-0.25, -0.2) is 4.79 Å². The third kappa shape index (κ3) is 4.87. The molecule has 0 saturated carbocycles. The van der Waals surface area contributed by atoms with Crippen molar-refractivity contribution in [2.75, 3.05) is 13.1 Å². The lowest BCUT2D eigenvalue weighted by Crippen LogP contribution is -2.37. The van der Waals surface area contributed by atoms with Crippen LogP contribution in [0.3, 0.4) is 0 Å². The number of halogens is 1. The molecule has 7 heteroatoms. The highest BCUT2D eigenvalue weighted by molar-refractivity contribution is 6.48. The molecule has 0 spiro atoms. The summed E-state index contributed by atoms with van der Waals surface area (Å²) < 4.78 is 6.20. The monoisotopic (exact) mass is 395 g/mol. The van der Waals surface area contributed by atoms with Gasteiger partial charge in [-0.05, 0) is 41.6 Å². The lowest BCUT2D eigenvalue weighted by atomic mass is 9.86. The zero-order valence-electron chi connectivity index (χ0n) is 16.3. The van der Waals surface area contributed by atoms with Crippen LogP contribution in [0.1, 0.15) is 45.1 Å². The highest BCUT2D eigenvalue weighted by Gasteiger charge is 2.32. The van der Waals surface area contributed by atoms with Gasteiger partial charge in [0.25, 0.3) is 0 Å². The average Bonchev–Trinajstić information content (AvgIpc) is 2.51. The van der Waals surface area contributed by atoms with Crippen molar-refractivity contribution in [2.45, 2.75) is 46.9 Å². The average molecular weight is 396 g/mol. The van der Waals surface area contributed by atoms with E-state index in [0.717, 1.165) is 16.8 Å². The van der Waals surface area contributed by atoms with E-state index in [1.807, 2.05) is 25.3 Å². The Morgan fingerprint density at radius 1 is 1.46 bits per heavy atom. The first-order valence-corrected chi connectivity index (χ1v) is 11.6. The molecule has 1 N–H and O–H groups in total. The molecule has 0 aliphatic carbocycles. The molecule has 0 saturated heterocycles. The van der Waals surface area contributed by atoms with E-state index in [1.54, 1.807) is 0 Å². The van der Waals surface area contributed by atoms with Gasteiger partial charge in [0.2, 0.25) is 9.04 Å². The van der Waals surface area contributed by atoms with Crippen LogP contribution in [-0.2, 0) is 4.43 Å². The fourth-order valence-corrected chi connectivity index (χ4v) is 4.35. The Hall–Kier alpha value is -1.37. The summed E-state index contributed by atoms with van der Waals surface area (Å²) in [6.45, 7) is 13.5. The molecule has 1 aromatic rings. The summed E-state index contributed by atoms with van der Waals surface area (Å²) in [6.07, 6.45) is 2.74. The van der Waals surface area contributed by atoms with Crippen LogP contribution in [0.25, 0.3) is 5.57 Å². The number of amides is 1. The van der Waals surface area contributed by atoms with Gasteiger partial charge in [-0.2, -0.15) is 0 Å². The van der Waals surface area contributed by atoms with E-state index >= 15 is 0 Å². The number of hydrogen-bond donors (Lipinski definition) is 1. The number of rotatable bonds is 4. The van der Waals surface area contributed by atoms with Crippen LogP contribution in [-0.4, -0.2) is 43.2 Å². The Morgan fingerprint density at radius 2 is 2.12 bits per heavy atom. The lowest BCUT2D eigenvalue weighted by Gasteiger charge is -2.33. The zero-order valence-corrected chi connectivity index (χ0v) is 18.1. The maximum Gasteiger partial charge on any atom is 0.407 e. The van der Waals surface area contributed by atoms with Crippen LogP contribution >= 0.6 is 11.6 Å². The third-order valence-corrected chi connectivity index (χ3v) is 5.43. The van der Waals surface area contributed by atoms with E-state index in [4.69, 9.17) is 21.1 Å². The summed E-state index contributed by atoms with van der Waals surface area (Å²) in [7, 11) is -0.903. The molecule has 1 aromatic heterocycles. The van der Waals surface area contributed by atoms with E-state index in [0.29, 0.717) is 18.1 Å². The molecule has 0 aromatic carbocycles. The van der Waals surface area contributed by atoms with Crippen LogP contribution in [0.4, 0.5) is 4.79 Å². The van der Waals surface area contributed by atoms with Crippen LogP contribution in [0.5, 0.6) is 0 Å². The quantitative estimate of drug-likeness (QED) is 0.720. The number of pyridine rings is 1. The number of nitrogens with zero attached hydrogens (tertiary/aromatic N) is 2. The molecule has 2 unspecified atom stereocenters. The van der Waals surface area contributed by atoms with Crippen LogP contribution < -0.4 is 0 Å². The summed E-state index contributed by atoms with van der Waals surface area (Å²) in [5.41, 5.74) is 2.69. The summed E-state index contributed by atoms with van der Waals surface area (Å²) >= 11 is 6.60. The zero-order chi connectivity index (χ0) is 19.6. The summed E-state index contributed by atoms with van der Waals surface area (Å²) in [5.74, 6) is 0.0966. The van der Waals surface area contributed by atoms with Gasteiger partial charge < -0.3 is 14.4 Å². The van der Waals surface area contributed by atoms with Crippen molar-refractivity contribution >= 4 is 32.3 Å². The molecule has 0 fully saturated rings. The van der Waals surface area contributed by atoms with Gasteiger partial charge in [0.1, 0.15) is 0 Å². The van der Waals surface area contributed by atoms with Crippen LogP contribution in [0, 0.1) is 11.3 Å². The van der Waals surface area contributed by atoms with Crippen molar-refractivity contribution in [3.05, 3.63) is 34.6 Å². The minimum atomic E-state index is -0.903. The molecule has 2 rings (SSSR count). The highest BCUT2D eigenvalue weighted by atomic mass is 35.5. The van der Waals surface area contributed by atoms with Crippen molar-refractivity contribution in [1.82, 2.24) is 9.88 Å². The number of carbonyl (C=O) groups is 1. The van der Waals surface area contributed by atoms with E-state index < -0.39 is 15.1 Å². The van der Waals surface area contributed by atoms with Gasteiger partial charge >= 0.3 is 6.09 Å². The summed E-state index contributed by atoms with van der Waals surface area (Å²) in [5, 5.41) is 9.75. The molecule has 143 valence electrons. The topological polar surface area (TPSA) is 62.7 Å². The second kappa shape index (κ2) is 8.11. The smallest absolute Gasteiger partial charge is 0.407 e. The van der Waals surface area contributed by atoms with Gasteiger partial charge in [0.15, 0.2) is 0 Å². The van der Waals surface area contributed by atoms with Crippen molar-refractivity contribution in [1.29, 1.82) is 0 Å². The molecular weight excluding hydrogens is 368 g/mol. The molecule has 1 amide bonds. The Bertz CT molecular complexity index is 701. The largest absolute Gasteiger partial charge is 0.465 e. The molecular formula is C19H28ClN2O3Si.